The van der Waals surface area contributed by atoms with Gasteiger partial charge in [0.2, 0.25) is 0 Å². The SMILES string of the molecule is Cc1ccnc2ccc(-c3sc(N)nc3-c3cccc(C#N)c3)cc12. The molecule has 2 aromatic heterocycles. The number of hydrogen-bond acceptors (Lipinski definition) is 5. The maximum atomic E-state index is 9.15. The van der Waals surface area contributed by atoms with Gasteiger partial charge in [0, 0.05) is 17.1 Å². The van der Waals surface area contributed by atoms with Crippen molar-refractivity contribution in [3.63, 3.8) is 0 Å². The molecule has 2 heterocycles. The van der Waals surface area contributed by atoms with Crippen molar-refractivity contribution in [3.8, 4) is 27.8 Å². The molecular weight excluding hydrogens is 328 g/mol. The number of aryl methyl sites for hydroxylation is 1. The van der Waals surface area contributed by atoms with Gasteiger partial charge in [0.15, 0.2) is 5.13 Å². The number of aromatic nitrogens is 2. The Morgan fingerprint density at radius 3 is 2.80 bits per heavy atom. The van der Waals surface area contributed by atoms with Crippen molar-refractivity contribution in [2.45, 2.75) is 6.92 Å². The highest BCUT2D eigenvalue weighted by atomic mass is 32.1. The van der Waals surface area contributed by atoms with Gasteiger partial charge in [0.25, 0.3) is 0 Å². The quantitative estimate of drug-likeness (QED) is 0.568. The highest BCUT2D eigenvalue weighted by Crippen LogP contribution is 2.39. The summed E-state index contributed by atoms with van der Waals surface area (Å²) in [5, 5.41) is 10.8. The number of benzene rings is 2. The van der Waals surface area contributed by atoms with Gasteiger partial charge in [0.1, 0.15) is 0 Å². The number of pyridine rings is 1. The Bertz CT molecular complexity index is 1140. The molecule has 2 aromatic carbocycles. The number of fused-ring (bicyclic) bond motifs is 1. The van der Waals surface area contributed by atoms with Gasteiger partial charge < -0.3 is 5.73 Å². The molecule has 0 aliphatic heterocycles. The molecule has 0 aliphatic rings. The van der Waals surface area contributed by atoms with Gasteiger partial charge in [0.05, 0.1) is 27.7 Å². The summed E-state index contributed by atoms with van der Waals surface area (Å²) in [5.74, 6) is 0. The van der Waals surface area contributed by atoms with Gasteiger partial charge in [-0.25, -0.2) is 4.98 Å². The molecule has 0 amide bonds. The second kappa shape index (κ2) is 6.00. The molecule has 4 rings (SSSR count). The second-order valence-corrected chi connectivity index (χ2v) is 6.81. The Labute approximate surface area is 149 Å². The zero-order valence-electron chi connectivity index (χ0n) is 13.5. The van der Waals surface area contributed by atoms with Crippen LogP contribution in [0.3, 0.4) is 0 Å². The summed E-state index contributed by atoms with van der Waals surface area (Å²) in [6.45, 7) is 2.08. The van der Waals surface area contributed by atoms with Crippen molar-refractivity contribution in [2.75, 3.05) is 5.73 Å². The molecule has 5 heteroatoms. The largest absolute Gasteiger partial charge is 0.375 e. The van der Waals surface area contributed by atoms with E-state index in [9.17, 15) is 0 Å². The smallest absolute Gasteiger partial charge is 0.181 e. The van der Waals surface area contributed by atoms with Crippen LogP contribution in [0, 0.1) is 18.3 Å². The monoisotopic (exact) mass is 342 g/mol. The molecule has 0 bridgehead atoms. The summed E-state index contributed by atoms with van der Waals surface area (Å²) in [5.41, 5.74) is 11.5. The van der Waals surface area contributed by atoms with E-state index in [1.807, 2.05) is 42.6 Å². The third kappa shape index (κ3) is 2.73. The van der Waals surface area contributed by atoms with Crippen LogP contribution >= 0.6 is 11.3 Å². The molecule has 0 fully saturated rings. The minimum Gasteiger partial charge on any atom is -0.375 e. The zero-order valence-corrected chi connectivity index (χ0v) is 14.3. The first kappa shape index (κ1) is 15.3. The molecule has 0 saturated heterocycles. The van der Waals surface area contributed by atoms with E-state index in [1.165, 1.54) is 16.9 Å². The molecule has 0 spiro atoms. The number of thiazole rings is 1. The molecule has 0 atom stereocenters. The lowest BCUT2D eigenvalue weighted by Gasteiger charge is -2.06. The number of nitrogens with zero attached hydrogens (tertiary/aromatic N) is 3. The van der Waals surface area contributed by atoms with E-state index in [1.54, 1.807) is 6.07 Å². The average molecular weight is 342 g/mol. The summed E-state index contributed by atoms with van der Waals surface area (Å²) in [6, 6.07) is 17.8. The van der Waals surface area contributed by atoms with Crippen LogP contribution in [-0.2, 0) is 0 Å². The normalized spacial score (nSPS) is 10.7. The van der Waals surface area contributed by atoms with Crippen molar-refractivity contribution >= 4 is 27.4 Å². The van der Waals surface area contributed by atoms with Crippen molar-refractivity contribution in [3.05, 3.63) is 65.9 Å². The Balaban J connectivity index is 1.92. The standard InChI is InChI=1S/C20H14N4S/c1-12-7-8-23-17-6-5-15(10-16(12)17)19-18(24-20(22)25-19)14-4-2-3-13(9-14)11-21/h2-10H,1H3,(H2,22,24). The Morgan fingerprint density at radius 2 is 1.96 bits per heavy atom. The van der Waals surface area contributed by atoms with Gasteiger partial charge >= 0.3 is 0 Å². The van der Waals surface area contributed by atoms with E-state index in [4.69, 9.17) is 11.0 Å². The van der Waals surface area contributed by atoms with Crippen LogP contribution in [0.25, 0.3) is 32.6 Å². The van der Waals surface area contributed by atoms with Crippen molar-refractivity contribution < 1.29 is 0 Å². The van der Waals surface area contributed by atoms with E-state index in [-0.39, 0.29) is 0 Å². The Morgan fingerprint density at radius 1 is 1.08 bits per heavy atom. The molecule has 2 N–H and O–H groups in total. The number of rotatable bonds is 2. The summed E-state index contributed by atoms with van der Waals surface area (Å²) in [4.78, 5) is 9.92. The van der Waals surface area contributed by atoms with Gasteiger partial charge in [-0.15, -0.1) is 0 Å². The molecule has 4 aromatic rings. The van der Waals surface area contributed by atoms with Crippen LogP contribution in [0.1, 0.15) is 11.1 Å². The van der Waals surface area contributed by atoms with Crippen LogP contribution < -0.4 is 5.73 Å². The van der Waals surface area contributed by atoms with E-state index < -0.39 is 0 Å². The summed E-state index contributed by atoms with van der Waals surface area (Å²) < 4.78 is 0. The summed E-state index contributed by atoms with van der Waals surface area (Å²) in [6.07, 6.45) is 1.82. The highest BCUT2D eigenvalue weighted by Gasteiger charge is 2.15. The second-order valence-electron chi connectivity index (χ2n) is 5.78. The number of anilines is 1. The molecule has 0 saturated carbocycles. The predicted octanol–water partition coefficient (Wildman–Crippen LogP) is 4.79. The number of nitrogen functional groups attached to an aromatic ring is 1. The minimum atomic E-state index is 0.510. The Hall–Kier alpha value is -3.23. The van der Waals surface area contributed by atoms with E-state index in [0.717, 1.165) is 32.6 Å². The lowest BCUT2D eigenvalue weighted by atomic mass is 10.0. The van der Waals surface area contributed by atoms with E-state index >= 15 is 0 Å². The van der Waals surface area contributed by atoms with E-state index in [2.05, 4.69) is 29.0 Å². The summed E-state index contributed by atoms with van der Waals surface area (Å²) >= 11 is 1.45. The third-order valence-corrected chi connectivity index (χ3v) is 5.06. The van der Waals surface area contributed by atoms with Crippen LogP contribution in [0.15, 0.2) is 54.7 Å². The zero-order chi connectivity index (χ0) is 17.4. The molecule has 120 valence electrons. The number of hydrogen-bond donors (Lipinski definition) is 1. The van der Waals surface area contributed by atoms with Gasteiger partial charge in [-0.3, -0.25) is 4.98 Å². The fraction of sp³-hybridized carbons (Fsp3) is 0.0500. The molecule has 0 radical (unpaired) electrons. The number of nitriles is 1. The van der Waals surface area contributed by atoms with Crippen molar-refractivity contribution in [1.29, 1.82) is 5.26 Å². The summed E-state index contributed by atoms with van der Waals surface area (Å²) in [7, 11) is 0. The predicted molar refractivity (Wildman–Crippen MR) is 102 cm³/mol. The lowest BCUT2D eigenvalue weighted by Crippen LogP contribution is -1.87. The van der Waals surface area contributed by atoms with Gasteiger partial charge in [-0.1, -0.05) is 29.5 Å². The van der Waals surface area contributed by atoms with Crippen LogP contribution in [0.2, 0.25) is 0 Å². The fourth-order valence-electron chi connectivity index (χ4n) is 2.89. The van der Waals surface area contributed by atoms with Crippen LogP contribution in [0.4, 0.5) is 5.13 Å². The average Bonchev–Trinajstić information content (AvgIpc) is 3.04. The third-order valence-electron chi connectivity index (χ3n) is 4.13. The number of nitrogens with two attached hydrogens (primary N) is 1. The lowest BCUT2D eigenvalue weighted by molar-refractivity contribution is 1.37. The molecule has 0 aliphatic carbocycles. The molecule has 25 heavy (non-hydrogen) atoms. The van der Waals surface area contributed by atoms with Crippen LogP contribution in [0.5, 0.6) is 0 Å². The first-order chi connectivity index (χ1) is 12.2. The maximum Gasteiger partial charge on any atom is 0.181 e. The van der Waals surface area contributed by atoms with Gasteiger partial charge in [-0.2, -0.15) is 5.26 Å². The topological polar surface area (TPSA) is 75.6 Å². The van der Waals surface area contributed by atoms with Gasteiger partial charge in [-0.05, 0) is 48.4 Å². The van der Waals surface area contributed by atoms with Crippen LogP contribution in [-0.4, -0.2) is 9.97 Å². The highest BCUT2D eigenvalue weighted by molar-refractivity contribution is 7.19. The first-order valence-corrected chi connectivity index (χ1v) is 8.60. The maximum absolute atomic E-state index is 9.15. The Kier molecular flexibility index (Phi) is 3.68. The van der Waals surface area contributed by atoms with Crippen molar-refractivity contribution in [2.24, 2.45) is 0 Å². The molecular formula is C20H14N4S. The van der Waals surface area contributed by atoms with Crippen molar-refractivity contribution in [1.82, 2.24) is 9.97 Å². The fourth-order valence-corrected chi connectivity index (χ4v) is 3.74. The molecule has 4 nitrogen and oxygen atoms in total. The first-order valence-electron chi connectivity index (χ1n) is 7.78. The van der Waals surface area contributed by atoms with E-state index in [0.29, 0.717) is 10.7 Å². The molecule has 0 unspecified atom stereocenters. The minimum absolute atomic E-state index is 0.510.